The second-order valence-electron chi connectivity index (χ2n) is 5.56. The number of thiazole rings is 1. The van der Waals surface area contributed by atoms with E-state index >= 15 is 0 Å². The van der Waals surface area contributed by atoms with Crippen molar-refractivity contribution in [1.82, 2.24) is 9.88 Å². The molecule has 3 nitrogen and oxygen atoms in total. The van der Waals surface area contributed by atoms with Gasteiger partial charge < -0.3 is 4.90 Å². The molecule has 1 aromatic carbocycles. The van der Waals surface area contributed by atoms with Crippen molar-refractivity contribution in [2.45, 2.75) is 18.9 Å². The summed E-state index contributed by atoms with van der Waals surface area (Å²) in [4.78, 5) is 20.4. The van der Waals surface area contributed by atoms with Crippen LogP contribution < -0.4 is 0 Å². The number of hydrogen-bond donors (Lipinski definition) is 0. The smallest absolute Gasteiger partial charge is 0.247 e. The van der Waals surface area contributed by atoms with E-state index in [1.165, 1.54) is 4.70 Å². The minimum Gasteiger partial charge on any atom is -0.330 e. The van der Waals surface area contributed by atoms with Gasteiger partial charge in [-0.3, -0.25) is 4.79 Å². The van der Waals surface area contributed by atoms with Crippen molar-refractivity contribution in [2.24, 2.45) is 0 Å². The van der Waals surface area contributed by atoms with Crippen molar-refractivity contribution in [2.75, 3.05) is 6.54 Å². The molecule has 1 saturated heterocycles. The Morgan fingerprint density at radius 1 is 1.26 bits per heavy atom. The highest BCUT2D eigenvalue weighted by Gasteiger charge is 2.31. The minimum absolute atomic E-state index is 0.0835. The summed E-state index contributed by atoms with van der Waals surface area (Å²) in [7, 11) is 0. The summed E-state index contributed by atoms with van der Waals surface area (Å²) >= 11 is 3.34. The van der Waals surface area contributed by atoms with Crippen LogP contribution in [-0.4, -0.2) is 22.3 Å². The van der Waals surface area contributed by atoms with Gasteiger partial charge in [-0.15, -0.1) is 22.7 Å². The van der Waals surface area contributed by atoms with Crippen LogP contribution in [0.1, 0.15) is 28.8 Å². The number of carbonyl (C=O) groups is 1. The number of nitrogens with zero attached hydrogens (tertiary/aromatic N) is 2. The van der Waals surface area contributed by atoms with Crippen LogP contribution in [-0.2, 0) is 4.79 Å². The molecule has 0 N–H and O–H groups in total. The van der Waals surface area contributed by atoms with Gasteiger partial charge in [-0.05, 0) is 42.5 Å². The number of rotatable bonds is 3. The van der Waals surface area contributed by atoms with E-state index in [9.17, 15) is 4.79 Å². The molecule has 5 heteroatoms. The average Bonchev–Trinajstić information content (AvgIpc) is 3.31. The molecule has 1 fully saturated rings. The molecule has 0 radical (unpaired) electrons. The topological polar surface area (TPSA) is 33.2 Å². The van der Waals surface area contributed by atoms with E-state index in [0.717, 1.165) is 34.8 Å². The lowest BCUT2D eigenvalue weighted by Crippen LogP contribution is -2.28. The van der Waals surface area contributed by atoms with Crippen LogP contribution in [0.4, 0.5) is 0 Å². The lowest BCUT2D eigenvalue weighted by molar-refractivity contribution is -0.126. The first-order valence-electron chi connectivity index (χ1n) is 7.69. The molecule has 2 aromatic heterocycles. The fourth-order valence-electron chi connectivity index (χ4n) is 2.96. The largest absolute Gasteiger partial charge is 0.330 e. The maximum absolute atomic E-state index is 12.6. The zero-order valence-electron chi connectivity index (χ0n) is 12.5. The van der Waals surface area contributed by atoms with Crippen molar-refractivity contribution in [3.63, 3.8) is 0 Å². The van der Waals surface area contributed by atoms with Crippen LogP contribution in [0.3, 0.4) is 0 Å². The molecule has 1 aliphatic heterocycles. The number of likely N-dealkylation sites (tertiary alicyclic amines) is 1. The first-order chi connectivity index (χ1) is 11.3. The summed E-state index contributed by atoms with van der Waals surface area (Å²) in [6, 6.07) is 12.3. The van der Waals surface area contributed by atoms with Gasteiger partial charge in [-0.1, -0.05) is 18.2 Å². The third-order valence-electron chi connectivity index (χ3n) is 4.06. The number of amides is 1. The molecular weight excluding hydrogens is 324 g/mol. The van der Waals surface area contributed by atoms with Crippen molar-refractivity contribution in [3.8, 4) is 0 Å². The highest BCUT2D eigenvalue weighted by atomic mass is 32.1. The molecule has 1 amide bonds. The molecule has 0 spiro atoms. The zero-order valence-corrected chi connectivity index (χ0v) is 14.1. The first kappa shape index (κ1) is 14.6. The third-order valence-corrected chi connectivity index (χ3v) is 6.04. The van der Waals surface area contributed by atoms with E-state index in [4.69, 9.17) is 4.98 Å². The maximum Gasteiger partial charge on any atom is 0.247 e. The average molecular weight is 340 g/mol. The van der Waals surface area contributed by atoms with Gasteiger partial charge >= 0.3 is 0 Å². The van der Waals surface area contributed by atoms with Crippen LogP contribution in [0, 0.1) is 0 Å². The Kier molecular flexibility index (Phi) is 3.97. The van der Waals surface area contributed by atoms with Crippen LogP contribution in [0.5, 0.6) is 0 Å². The van der Waals surface area contributed by atoms with E-state index in [1.807, 2.05) is 46.7 Å². The van der Waals surface area contributed by atoms with Crippen LogP contribution >= 0.6 is 22.7 Å². The Morgan fingerprint density at radius 3 is 3.00 bits per heavy atom. The predicted molar refractivity (Wildman–Crippen MR) is 96.7 cm³/mol. The highest BCUT2D eigenvalue weighted by Crippen LogP contribution is 2.36. The summed E-state index contributed by atoms with van der Waals surface area (Å²) in [5.41, 5.74) is 1.03. The molecule has 3 aromatic rings. The summed E-state index contributed by atoms with van der Waals surface area (Å²) < 4.78 is 1.19. The third kappa shape index (κ3) is 2.94. The van der Waals surface area contributed by atoms with Crippen LogP contribution in [0.15, 0.2) is 47.9 Å². The molecule has 1 atom stereocenters. The standard InChI is InChI=1S/C18H16N2OS2/c21-17(10-9-13-5-4-12-22-13)20-11-3-7-15(20)18-19-14-6-1-2-8-16(14)23-18/h1-2,4-6,8-10,12,15H,3,7,11H2/b10-9+/t15-/m0/s1. The maximum atomic E-state index is 12.6. The summed E-state index contributed by atoms with van der Waals surface area (Å²) in [6.07, 6.45) is 5.63. The number of thiophene rings is 1. The SMILES string of the molecule is O=C(/C=C/c1cccs1)N1CCC[C@H]1c1nc2ccccc2s1. The van der Waals surface area contributed by atoms with Gasteiger partial charge in [0.2, 0.25) is 5.91 Å². The van der Waals surface area contributed by atoms with Gasteiger partial charge in [0.15, 0.2) is 0 Å². The monoisotopic (exact) mass is 340 g/mol. The van der Waals surface area contributed by atoms with Gasteiger partial charge in [-0.2, -0.15) is 0 Å². The van der Waals surface area contributed by atoms with Crippen molar-refractivity contribution < 1.29 is 4.79 Å². The minimum atomic E-state index is 0.0835. The number of para-hydroxylation sites is 1. The van der Waals surface area contributed by atoms with E-state index in [-0.39, 0.29) is 11.9 Å². The lowest BCUT2D eigenvalue weighted by atomic mass is 10.2. The Bertz CT molecular complexity index is 818. The Morgan fingerprint density at radius 2 is 2.17 bits per heavy atom. The van der Waals surface area contributed by atoms with Gasteiger partial charge in [-0.25, -0.2) is 4.98 Å². The molecule has 23 heavy (non-hydrogen) atoms. The fraction of sp³-hybridized carbons (Fsp3) is 0.222. The predicted octanol–water partition coefficient (Wildman–Crippen LogP) is 4.73. The number of fused-ring (bicyclic) bond motifs is 1. The summed E-state index contributed by atoms with van der Waals surface area (Å²) in [5, 5.41) is 3.07. The first-order valence-corrected chi connectivity index (χ1v) is 9.38. The van der Waals surface area contributed by atoms with Crippen molar-refractivity contribution in [1.29, 1.82) is 0 Å². The quantitative estimate of drug-likeness (QED) is 0.646. The number of aromatic nitrogens is 1. The van der Waals surface area contributed by atoms with E-state index in [1.54, 1.807) is 28.7 Å². The van der Waals surface area contributed by atoms with E-state index in [0.29, 0.717) is 0 Å². The number of benzene rings is 1. The molecule has 0 saturated carbocycles. The molecule has 0 aliphatic carbocycles. The second kappa shape index (κ2) is 6.26. The number of hydrogen-bond acceptors (Lipinski definition) is 4. The van der Waals surface area contributed by atoms with Gasteiger partial charge in [0.1, 0.15) is 5.01 Å². The van der Waals surface area contributed by atoms with Gasteiger partial charge in [0, 0.05) is 17.5 Å². The summed E-state index contributed by atoms with van der Waals surface area (Å²) in [5.74, 6) is 0.0835. The van der Waals surface area contributed by atoms with Crippen molar-refractivity contribution in [3.05, 3.63) is 57.7 Å². The van der Waals surface area contributed by atoms with Gasteiger partial charge in [0.25, 0.3) is 0 Å². The summed E-state index contributed by atoms with van der Waals surface area (Å²) in [6.45, 7) is 0.814. The van der Waals surface area contributed by atoms with Crippen molar-refractivity contribution >= 4 is 44.9 Å². The highest BCUT2D eigenvalue weighted by molar-refractivity contribution is 7.18. The van der Waals surface area contributed by atoms with E-state index in [2.05, 4.69) is 6.07 Å². The molecule has 4 rings (SSSR count). The molecule has 3 heterocycles. The molecular formula is C18H16N2OS2. The number of carbonyl (C=O) groups excluding carboxylic acids is 1. The Hall–Kier alpha value is -1.98. The Labute approximate surface area is 142 Å². The van der Waals surface area contributed by atoms with Crippen LogP contribution in [0.2, 0.25) is 0 Å². The van der Waals surface area contributed by atoms with Gasteiger partial charge in [0.05, 0.1) is 16.3 Å². The normalized spacial score (nSPS) is 18.3. The zero-order chi connectivity index (χ0) is 15.6. The Balaban J connectivity index is 1.57. The second-order valence-corrected chi connectivity index (χ2v) is 7.60. The molecule has 1 aliphatic rings. The lowest BCUT2D eigenvalue weighted by Gasteiger charge is -2.21. The van der Waals surface area contributed by atoms with E-state index < -0.39 is 0 Å². The van der Waals surface area contributed by atoms with Crippen LogP contribution in [0.25, 0.3) is 16.3 Å². The molecule has 0 unspecified atom stereocenters. The molecule has 116 valence electrons. The molecule has 0 bridgehead atoms. The fourth-order valence-corrected chi connectivity index (χ4v) is 4.69.